The van der Waals surface area contributed by atoms with Crippen molar-refractivity contribution in [3.63, 3.8) is 0 Å². The van der Waals surface area contributed by atoms with Gasteiger partial charge in [0.05, 0.1) is 17.2 Å². The zero-order valence-corrected chi connectivity index (χ0v) is 13.2. The second-order valence-corrected chi connectivity index (χ2v) is 7.34. The number of hydrogen-bond acceptors (Lipinski definition) is 4. The Labute approximate surface area is 120 Å². The lowest BCUT2D eigenvalue weighted by atomic mass is 9.85. The van der Waals surface area contributed by atoms with E-state index in [-0.39, 0.29) is 6.61 Å². The van der Waals surface area contributed by atoms with E-state index in [2.05, 4.69) is 25.7 Å². The fraction of sp³-hybridized carbons (Fsp3) is 0.800. The summed E-state index contributed by atoms with van der Waals surface area (Å²) in [6.45, 7) is 9.21. The highest BCUT2D eigenvalue weighted by Gasteiger charge is 2.25. The second kappa shape index (κ2) is 6.23. The average Bonchev–Trinajstić information content (AvgIpc) is 2.67. The van der Waals surface area contributed by atoms with Crippen molar-refractivity contribution >= 4 is 16.5 Å². The first-order valence-electron chi connectivity index (χ1n) is 7.40. The van der Waals surface area contributed by atoms with Gasteiger partial charge in [0.1, 0.15) is 0 Å². The molecule has 2 rings (SSSR count). The van der Waals surface area contributed by atoms with Crippen LogP contribution in [0.2, 0.25) is 0 Å². The Morgan fingerprint density at radius 2 is 2.11 bits per heavy atom. The molecule has 19 heavy (non-hydrogen) atoms. The van der Waals surface area contributed by atoms with Gasteiger partial charge in [-0.1, -0.05) is 38.5 Å². The van der Waals surface area contributed by atoms with E-state index in [0.29, 0.717) is 5.41 Å². The van der Waals surface area contributed by atoms with E-state index in [4.69, 9.17) is 4.98 Å². The summed E-state index contributed by atoms with van der Waals surface area (Å²) in [4.78, 5) is 8.24. The van der Waals surface area contributed by atoms with E-state index < -0.39 is 0 Å². The molecule has 0 saturated carbocycles. The van der Waals surface area contributed by atoms with Crippen molar-refractivity contribution in [1.82, 2.24) is 4.98 Å². The van der Waals surface area contributed by atoms with Crippen molar-refractivity contribution in [1.29, 1.82) is 0 Å². The monoisotopic (exact) mass is 282 g/mol. The summed E-state index contributed by atoms with van der Waals surface area (Å²) < 4.78 is 0. The van der Waals surface area contributed by atoms with Crippen molar-refractivity contribution in [3.05, 3.63) is 10.6 Å². The molecular formula is C15H26N2OS. The Morgan fingerprint density at radius 3 is 2.79 bits per heavy atom. The summed E-state index contributed by atoms with van der Waals surface area (Å²) in [5.41, 5.74) is 1.56. The number of anilines is 1. The van der Waals surface area contributed by atoms with Crippen LogP contribution in [-0.4, -0.2) is 23.2 Å². The zero-order valence-electron chi connectivity index (χ0n) is 12.4. The highest BCUT2D eigenvalue weighted by Crippen LogP contribution is 2.34. The molecule has 0 aliphatic carbocycles. The molecule has 108 valence electrons. The molecule has 3 nitrogen and oxygen atoms in total. The van der Waals surface area contributed by atoms with Crippen LogP contribution < -0.4 is 4.90 Å². The Hall–Kier alpha value is -0.610. The van der Waals surface area contributed by atoms with Gasteiger partial charge in [-0.3, -0.25) is 0 Å². The Morgan fingerprint density at radius 1 is 1.32 bits per heavy atom. The van der Waals surface area contributed by atoms with Crippen LogP contribution in [0.25, 0.3) is 0 Å². The highest BCUT2D eigenvalue weighted by atomic mass is 32.1. The minimum Gasteiger partial charge on any atom is -0.391 e. The van der Waals surface area contributed by atoms with Crippen LogP contribution in [0.5, 0.6) is 0 Å². The molecule has 4 heteroatoms. The summed E-state index contributed by atoms with van der Waals surface area (Å²) in [6, 6.07) is 0. The lowest BCUT2D eigenvalue weighted by molar-refractivity contribution is 0.284. The van der Waals surface area contributed by atoms with Crippen molar-refractivity contribution in [2.24, 2.45) is 5.41 Å². The largest absolute Gasteiger partial charge is 0.391 e. The number of rotatable bonds is 4. The Bertz CT molecular complexity index is 414. The van der Waals surface area contributed by atoms with E-state index in [0.717, 1.165) is 41.6 Å². The quantitative estimate of drug-likeness (QED) is 0.916. The summed E-state index contributed by atoms with van der Waals surface area (Å²) in [6.07, 6.45) is 5.83. The maximum Gasteiger partial charge on any atom is 0.185 e. The van der Waals surface area contributed by atoms with E-state index in [1.54, 1.807) is 11.3 Å². The normalized spacial score (nSPS) is 19.5. The molecule has 1 saturated heterocycles. The molecule has 1 fully saturated rings. The maximum absolute atomic E-state index is 9.45. The first-order chi connectivity index (χ1) is 9.05. The number of aliphatic hydroxyl groups excluding tert-OH is 1. The van der Waals surface area contributed by atoms with Gasteiger partial charge in [0.15, 0.2) is 5.13 Å². The fourth-order valence-corrected chi connectivity index (χ4v) is 3.69. The van der Waals surface area contributed by atoms with E-state index in [9.17, 15) is 5.11 Å². The van der Waals surface area contributed by atoms with Crippen LogP contribution in [0.4, 0.5) is 5.13 Å². The predicted octanol–water partition coefficient (Wildman–Crippen LogP) is 3.60. The molecule has 0 bridgehead atoms. The third-order valence-electron chi connectivity index (χ3n) is 4.01. The lowest BCUT2D eigenvalue weighted by Gasteiger charge is -2.22. The van der Waals surface area contributed by atoms with Gasteiger partial charge in [0.25, 0.3) is 0 Å². The molecular weight excluding hydrogens is 256 g/mol. The number of hydrogen-bond donors (Lipinski definition) is 1. The molecule has 0 radical (unpaired) electrons. The van der Waals surface area contributed by atoms with Crippen molar-refractivity contribution in [2.45, 2.75) is 59.5 Å². The molecule has 0 aromatic carbocycles. The standard InChI is InChI=1S/C15H26N2OS/c1-4-6-12-13(11-18)19-14(16-12)17-9-5-7-15(2,3)8-10-17/h18H,4-11H2,1-3H3. The third kappa shape index (κ3) is 3.69. The Balaban J connectivity index is 2.12. The van der Waals surface area contributed by atoms with Gasteiger partial charge >= 0.3 is 0 Å². The first-order valence-corrected chi connectivity index (χ1v) is 8.22. The number of nitrogens with zero attached hydrogens (tertiary/aromatic N) is 2. The van der Waals surface area contributed by atoms with Crippen LogP contribution in [0.15, 0.2) is 0 Å². The molecule has 0 amide bonds. The molecule has 1 N–H and O–H groups in total. The SMILES string of the molecule is CCCc1nc(N2CCCC(C)(C)CC2)sc1CO. The Kier molecular flexibility index (Phi) is 4.85. The van der Waals surface area contributed by atoms with Crippen molar-refractivity contribution in [2.75, 3.05) is 18.0 Å². The van der Waals surface area contributed by atoms with Gasteiger partial charge < -0.3 is 10.0 Å². The summed E-state index contributed by atoms with van der Waals surface area (Å²) in [5, 5.41) is 10.6. The number of aryl methyl sites for hydroxylation is 1. The highest BCUT2D eigenvalue weighted by molar-refractivity contribution is 7.15. The number of aliphatic hydroxyl groups is 1. The molecule has 1 aliphatic rings. The van der Waals surface area contributed by atoms with Crippen LogP contribution in [0, 0.1) is 5.41 Å². The van der Waals surface area contributed by atoms with Crippen LogP contribution in [0.1, 0.15) is 57.0 Å². The predicted molar refractivity (Wildman–Crippen MR) is 81.9 cm³/mol. The molecule has 1 aromatic heterocycles. The van der Waals surface area contributed by atoms with Gasteiger partial charge in [-0.25, -0.2) is 4.98 Å². The molecule has 1 aromatic rings. The molecule has 0 spiro atoms. The van der Waals surface area contributed by atoms with E-state index in [1.165, 1.54) is 19.3 Å². The van der Waals surface area contributed by atoms with Gasteiger partial charge in [0, 0.05) is 13.1 Å². The molecule has 2 heterocycles. The first kappa shape index (κ1) is 14.8. The summed E-state index contributed by atoms with van der Waals surface area (Å²) >= 11 is 1.68. The molecule has 0 unspecified atom stereocenters. The van der Waals surface area contributed by atoms with Crippen LogP contribution in [-0.2, 0) is 13.0 Å². The number of aromatic nitrogens is 1. The summed E-state index contributed by atoms with van der Waals surface area (Å²) in [7, 11) is 0. The zero-order chi connectivity index (χ0) is 13.9. The fourth-order valence-electron chi connectivity index (χ4n) is 2.67. The third-order valence-corrected chi connectivity index (χ3v) is 5.15. The van der Waals surface area contributed by atoms with Gasteiger partial charge in [-0.05, 0) is 31.1 Å². The van der Waals surface area contributed by atoms with E-state index in [1.807, 2.05) is 0 Å². The van der Waals surface area contributed by atoms with Gasteiger partial charge in [-0.2, -0.15) is 0 Å². The second-order valence-electron chi connectivity index (χ2n) is 6.28. The minimum absolute atomic E-state index is 0.131. The average molecular weight is 282 g/mol. The minimum atomic E-state index is 0.131. The smallest absolute Gasteiger partial charge is 0.185 e. The lowest BCUT2D eigenvalue weighted by Crippen LogP contribution is -2.24. The van der Waals surface area contributed by atoms with E-state index >= 15 is 0 Å². The summed E-state index contributed by atoms with van der Waals surface area (Å²) in [5.74, 6) is 0. The molecule has 0 atom stereocenters. The number of thiazole rings is 1. The topological polar surface area (TPSA) is 36.4 Å². The van der Waals surface area contributed by atoms with Crippen molar-refractivity contribution in [3.8, 4) is 0 Å². The van der Waals surface area contributed by atoms with Crippen LogP contribution >= 0.6 is 11.3 Å². The van der Waals surface area contributed by atoms with Gasteiger partial charge in [-0.15, -0.1) is 0 Å². The van der Waals surface area contributed by atoms with Gasteiger partial charge in [0.2, 0.25) is 0 Å². The maximum atomic E-state index is 9.45. The molecule has 1 aliphatic heterocycles. The van der Waals surface area contributed by atoms with Crippen molar-refractivity contribution < 1.29 is 5.11 Å². The van der Waals surface area contributed by atoms with Crippen LogP contribution in [0.3, 0.4) is 0 Å².